The Labute approximate surface area is 123 Å². The topological polar surface area (TPSA) is 68.2 Å². The first-order chi connectivity index (χ1) is 10.0. The second-order valence-corrected chi connectivity index (χ2v) is 5.20. The monoisotopic (exact) mass is 289 g/mol. The standard InChI is InChI=1S/C15H20FN5/c1-11(2)9-18-15(17)19-10-13-7-8-21(20-13)14-5-3-12(16)4-6-14/h3-8,11H,9-10H2,1-2H3,(H3,17,18,19). The lowest BCUT2D eigenvalue weighted by Gasteiger charge is -2.07. The van der Waals surface area contributed by atoms with E-state index in [4.69, 9.17) is 5.73 Å². The first kappa shape index (κ1) is 15.0. The Bertz CT molecular complexity index is 601. The third-order valence-electron chi connectivity index (χ3n) is 2.84. The molecule has 1 aromatic heterocycles. The fourth-order valence-electron chi connectivity index (χ4n) is 1.71. The van der Waals surface area contributed by atoms with E-state index in [-0.39, 0.29) is 5.82 Å². The van der Waals surface area contributed by atoms with Crippen molar-refractivity contribution < 1.29 is 4.39 Å². The van der Waals surface area contributed by atoms with Gasteiger partial charge in [0.25, 0.3) is 0 Å². The molecule has 0 saturated heterocycles. The van der Waals surface area contributed by atoms with Crippen LogP contribution >= 0.6 is 0 Å². The minimum atomic E-state index is -0.264. The van der Waals surface area contributed by atoms with Crippen molar-refractivity contribution in [2.24, 2.45) is 16.6 Å². The molecule has 0 fully saturated rings. The minimum Gasteiger partial charge on any atom is -0.370 e. The molecule has 0 radical (unpaired) electrons. The molecular formula is C15H20FN5. The summed E-state index contributed by atoms with van der Waals surface area (Å²) in [5, 5.41) is 7.43. The zero-order valence-electron chi connectivity index (χ0n) is 12.3. The molecule has 0 aliphatic carbocycles. The Morgan fingerprint density at radius 3 is 2.71 bits per heavy atom. The summed E-state index contributed by atoms with van der Waals surface area (Å²) in [4.78, 5) is 4.23. The molecule has 0 atom stereocenters. The highest BCUT2D eigenvalue weighted by molar-refractivity contribution is 5.77. The first-order valence-electron chi connectivity index (χ1n) is 6.89. The van der Waals surface area contributed by atoms with E-state index in [1.165, 1.54) is 12.1 Å². The molecule has 1 aromatic carbocycles. The molecule has 0 aliphatic heterocycles. The van der Waals surface area contributed by atoms with Gasteiger partial charge < -0.3 is 11.1 Å². The van der Waals surface area contributed by atoms with Gasteiger partial charge in [0.15, 0.2) is 5.96 Å². The van der Waals surface area contributed by atoms with Gasteiger partial charge in [0.05, 0.1) is 17.9 Å². The molecule has 0 saturated carbocycles. The van der Waals surface area contributed by atoms with Crippen LogP contribution in [-0.2, 0) is 6.54 Å². The molecule has 0 unspecified atom stereocenters. The van der Waals surface area contributed by atoms with Crippen LogP contribution in [0.5, 0.6) is 0 Å². The number of nitrogens with two attached hydrogens (primary N) is 1. The Morgan fingerprint density at radius 1 is 1.33 bits per heavy atom. The number of nitrogens with one attached hydrogen (secondary N) is 1. The summed E-state index contributed by atoms with van der Waals surface area (Å²) in [6.07, 6.45) is 1.82. The van der Waals surface area contributed by atoms with Crippen LogP contribution in [0.15, 0.2) is 41.5 Å². The van der Waals surface area contributed by atoms with Gasteiger partial charge in [-0.2, -0.15) is 5.10 Å². The van der Waals surface area contributed by atoms with Crippen LogP contribution in [0.3, 0.4) is 0 Å². The number of aliphatic imine (C=N–C) groups is 1. The molecule has 3 N–H and O–H groups in total. The summed E-state index contributed by atoms with van der Waals surface area (Å²) in [6.45, 7) is 5.40. The zero-order chi connectivity index (χ0) is 15.2. The lowest BCUT2D eigenvalue weighted by Crippen LogP contribution is -2.34. The Morgan fingerprint density at radius 2 is 2.05 bits per heavy atom. The van der Waals surface area contributed by atoms with Gasteiger partial charge in [0.2, 0.25) is 0 Å². The second kappa shape index (κ2) is 6.88. The van der Waals surface area contributed by atoms with E-state index >= 15 is 0 Å². The molecule has 0 spiro atoms. The summed E-state index contributed by atoms with van der Waals surface area (Å²) in [5.74, 6) is 0.663. The van der Waals surface area contributed by atoms with Gasteiger partial charge in [-0.05, 0) is 36.2 Å². The van der Waals surface area contributed by atoms with Crippen molar-refractivity contribution in [2.75, 3.05) is 6.54 Å². The Balaban J connectivity index is 1.97. The first-order valence-corrected chi connectivity index (χ1v) is 6.89. The average Bonchev–Trinajstić information content (AvgIpc) is 2.92. The molecule has 0 bridgehead atoms. The number of aromatic nitrogens is 2. The highest BCUT2D eigenvalue weighted by Crippen LogP contribution is 2.09. The number of benzene rings is 1. The van der Waals surface area contributed by atoms with E-state index in [0.29, 0.717) is 18.4 Å². The highest BCUT2D eigenvalue weighted by Gasteiger charge is 2.02. The van der Waals surface area contributed by atoms with E-state index in [2.05, 4.69) is 29.3 Å². The molecule has 6 heteroatoms. The maximum Gasteiger partial charge on any atom is 0.188 e. The van der Waals surface area contributed by atoms with Gasteiger partial charge in [-0.3, -0.25) is 0 Å². The summed E-state index contributed by atoms with van der Waals surface area (Å²) in [7, 11) is 0. The van der Waals surface area contributed by atoms with Gasteiger partial charge in [-0.15, -0.1) is 0 Å². The van der Waals surface area contributed by atoms with Gasteiger partial charge in [0.1, 0.15) is 5.82 Å². The van der Waals surface area contributed by atoms with Crippen molar-refractivity contribution >= 4 is 5.96 Å². The Kier molecular flexibility index (Phi) is 4.92. The predicted octanol–water partition coefficient (Wildman–Crippen LogP) is 2.07. The van der Waals surface area contributed by atoms with Crippen molar-refractivity contribution in [3.63, 3.8) is 0 Å². The van der Waals surface area contributed by atoms with Crippen LogP contribution in [0.1, 0.15) is 19.5 Å². The van der Waals surface area contributed by atoms with Crippen LogP contribution in [0.2, 0.25) is 0 Å². The SMILES string of the molecule is CC(C)CNC(N)=NCc1ccn(-c2ccc(F)cc2)n1. The van der Waals surface area contributed by atoms with E-state index in [9.17, 15) is 4.39 Å². The summed E-state index contributed by atoms with van der Waals surface area (Å²) in [5.41, 5.74) is 7.37. The second-order valence-electron chi connectivity index (χ2n) is 5.20. The number of halogens is 1. The normalized spacial score (nSPS) is 11.9. The smallest absolute Gasteiger partial charge is 0.188 e. The van der Waals surface area contributed by atoms with Crippen molar-refractivity contribution in [3.05, 3.63) is 48.0 Å². The number of guanidine groups is 1. The molecule has 1 heterocycles. The van der Waals surface area contributed by atoms with Crippen LogP contribution in [0.25, 0.3) is 5.69 Å². The van der Waals surface area contributed by atoms with Gasteiger partial charge in [0, 0.05) is 12.7 Å². The molecule has 2 rings (SSSR count). The molecule has 0 aliphatic rings. The summed E-state index contributed by atoms with van der Waals surface area (Å²) < 4.78 is 14.6. The van der Waals surface area contributed by atoms with E-state index in [1.807, 2.05) is 12.3 Å². The quantitative estimate of drug-likeness (QED) is 0.654. The molecule has 5 nitrogen and oxygen atoms in total. The molecular weight excluding hydrogens is 269 g/mol. The number of hydrogen-bond donors (Lipinski definition) is 2. The van der Waals surface area contributed by atoms with Crippen LogP contribution in [0, 0.1) is 11.7 Å². The van der Waals surface area contributed by atoms with Crippen molar-refractivity contribution in [3.8, 4) is 5.69 Å². The maximum absolute atomic E-state index is 12.9. The van der Waals surface area contributed by atoms with Crippen molar-refractivity contribution in [1.29, 1.82) is 0 Å². The van der Waals surface area contributed by atoms with E-state index in [1.54, 1.807) is 16.8 Å². The molecule has 2 aromatic rings. The third-order valence-corrected chi connectivity index (χ3v) is 2.84. The number of nitrogens with zero attached hydrogens (tertiary/aromatic N) is 3. The lowest BCUT2D eigenvalue weighted by molar-refractivity contribution is 0.621. The fraction of sp³-hybridized carbons (Fsp3) is 0.333. The van der Waals surface area contributed by atoms with Crippen molar-refractivity contribution in [2.45, 2.75) is 20.4 Å². The number of rotatable bonds is 5. The molecule has 0 amide bonds. The van der Waals surface area contributed by atoms with Crippen molar-refractivity contribution in [1.82, 2.24) is 15.1 Å². The molecule has 21 heavy (non-hydrogen) atoms. The van der Waals surface area contributed by atoms with Crippen LogP contribution in [0.4, 0.5) is 4.39 Å². The fourth-order valence-corrected chi connectivity index (χ4v) is 1.71. The maximum atomic E-state index is 12.9. The zero-order valence-corrected chi connectivity index (χ0v) is 12.3. The summed E-state index contributed by atoms with van der Waals surface area (Å²) >= 11 is 0. The average molecular weight is 289 g/mol. The van der Waals surface area contributed by atoms with E-state index in [0.717, 1.165) is 17.9 Å². The highest BCUT2D eigenvalue weighted by atomic mass is 19.1. The number of hydrogen-bond acceptors (Lipinski definition) is 2. The van der Waals surface area contributed by atoms with Gasteiger partial charge >= 0.3 is 0 Å². The van der Waals surface area contributed by atoms with Crippen LogP contribution < -0.4 is 11.1 Å². The molecule has 112 valence electrons. The van der Waals surface area contributed by atoms with Crippen LogP contribution in [-0.4, -0.2) is 22.3 Å². The third kappa shape index (κ3) is 4.59. The predicted molar refractivity (Wildman–Crippen MR) is 81.7 cm³/mol. The largest absolute Gasteiger partial charge is 0.370 e. The summed E-state index contributed by atoms with van der Waals surface area (Å²) in [6, 6.07) is 8.02. The lowest BCUT2D eigenvalue weighted by atomic mass is 10.2. The van der Waals surface area contributed by atoms with Gasteiger partial charge in [-0.1, -0.05) is 13.8 Å². The van der Waals surface area contributed by atoms with Gasteiger partial charge in [-0.25, -0.2) is 14.1 Å². The minimum absolute atomic E-state index is 0.264. The Hall–Kier alpha value is -2.37. The van der Waals surface area contributed by atoms with E-state index < -0.39 is 0 Å².